The molecule has 3 aromatic rings. The Morgan fingerprint density at radius 1 is 0.875 bits per heavy atom. The molecular formula is C17H13Cl2NO2S2. The van der Waals surface area contributed by atoms with Crippen molar-refractivity contribution in [2.75, 3.05) is 0 Å². The van der Waals surface area contributed by atoms with E-state index in [1.54, 1.807) is 6.07 Å². The standard InChI is InChI=1S/C17H13Cl2NO2S2/c18-13-8-4-9-14(19)17(13)24(21,22)20-16(15-10-5-11-23-15)12-6-2-1-3-7-12/h1-11,16,20H/t16-/m1/s1. The summed E-state index contributed by atoms with van der Waals surface area (Å²) in [6.07, 6.45) is 0. The number of hydrogen-bond acceptors (Lipinski definition) is 3. The van der Waals surface area contributed by atoms with Crippen molar-refractivity contribution < 1.29 is 8.42 Å². The van der Waals surface area contributed by atoms with Gasteiger partial charge in [0, 0.05) is 4.88 Å². The fourth-order valence-corrected chi connectivity index (χ4v) is 5.57. The Morgan fingerprint density at radius 3 is 2.12 bits per heavy atom. The lowest BCUT2D eigenvalue weighted by atomic mass is 10.1. The van der Waals surface area contributed by atoms with Crippen LogP contribution in [0.2, 0.25) is 10.0 Å². The highest BCUT2D eigenvalue weighted by Gasteiger charge is 2.27. The Hall–Kier alpha value is -1.37. The van der Waals surface area contributed by atoms with Gasteiger partial charge in [0.05, 0.1) is 16.1 Å². The topological polar surface area (TPSA) is 46.2 Å². The molecule has 1 heterocycles. The largest absolute Gasteiger partial charge is 0.244 e. The van der Waals surface area contributed by atoms with Crippen molar-refractivity contribution in [1.29, 1.82) is 0 Å². The van der Waals surface area contributed by atoms with Crippen molar-refractivity contribution in [3.63, 3.8) is 0 Å². The van der Waals surface area contributed by atoms with Gasteiger partial charge in [0.15, 0.2) is 0 Å². The van der Waals surface area contributed by atoms with E-state index in [-0.39, 0.29) is 14.9 Å². The van der Waals surface area contributed by atoms with Crippen LogP contribution in [0.15, 0.2) is 70.9 Å². The number of benzene rings is 2. The van der Waals surface area contributed by atoms with Crippen LogP contribution >= 0.6 is 34.5 Å². The maximum Gasteiger partial charge on any atom is 0.244 e. The molecule has 0 saturated carbocycles. The lowest BCUT2D eigenvalue weighted by Crippen LogP contribution is -2.29. The van der Waals surface area contributed by atoms with Gasteiger partial charge in [-0.25, -0.2) is 8.42 Å². The second-order valence-corrected chi connectivity index (χ2v) is 8.48. The maximum atomic E-state index is 12.9. The third-order valence-electron chi connectivity index (χ3n) is 3.42. The van der Waals surface area contributed by atoms with Gasteiger partial charge in [-0.2, -0.15) is 4.72 Å². The smallest absolute Gasteiger partial charge is 0.207 e. The van der Waals surface area contributed by atoms with E-state index in [4.69, 9.17) is 23.2 Å². The molecule has 0 bridgehead atoms. The van der Waals surface area contributed by atoms with Gasteiger partial charge >= 0.3 is 0 Å². The SMILES string of the molecule is O=S(=O)(N[C@H](c1ccccc1)c1cccs1)c1c(Cl)cccc1Cl. The highest BCUT2D eigenvalue weighted by Crippen LogP contribution is 2.32. The van der Waals surface area contributed by atoms with E-state index in [2.05, 4.69) is 4.72 Å². The third-order valence-corrected chi connectivity index (χ3v) is 6.74. The van der Waals surface area contributed by atoms with E-state index in [0.717, 1.165) is 10.4 Å². The second-order valence-electron chi connectivity index (χ2n) is 5.03. The molecule has 3 nitrogen and oxygen atoms in total. The number of rotatable bonds is 5. The monoisotopic (exact) mass is 397 g/mol. The highest BCUT2D eigenvalue weighted by molar-refractivity contribution is 7.89. The minimum atomic E-state index is -3.90. The number of nitrogens with one attached hydrogen (secondary N) is 1. The summed E-state index contributed by atoms with van der Waals surface area (Å²) in [6.45, 7) is 0. The molecule has 0 fully saturated rings. The summed E-state index contributed by atoms with van der Waals surface area (Å²) >= 11 is 13.6. The highest BCUT2D eigenvalue weighted by atomic mass is 35.5. The number of thiophene rings is 1. The molecule has 24 heavy (non-hydrogen) atoms. The van der Waals surface area contributed by atoms with Crippen molar-refractivity contribution in [3.8, 4) is 0 Å². The summed E-state index contributed by atoms with van der Waals surface area (Å²) in [5, 5.41) is 2.09. The fraction of sp³-hybridized carbons (Fsp3) is 0.0588. The van der Waals surface area contributed by atoms with Crippen LogP contribution < -0.4 is 4.72 Å². The lowest BCUT2D eigenvalue weighted by molar-refractivity contribution is 0.573. The van der Waals surface area contributed by atoms with Crippen molar-refractivity contribution in [3.05, 3.63) is 86.5 Å². The van der Waals surface area contributed by atoms with E-state index in [0.29, 0.717) is 0 Å². The number of halogens is 2. The Balaban J connectivity index is 2.05. The summed E-state index contributed by atoms with van der Waals surface area (Å²) in [7, 11) is -3.90. The zero-order chi connectivity index (χ0) is 17.2. The van der Waals surface area contributed by atoms with Crippen LogP contribution in [-0.4, -0.2) is 8.42 Å². The first-order valence-corrected chi connectivity index (χ1v) is 10.2. The van der Waals surface area contributed by atoms with Crippen LogP contribution in [0.5, 0.6) is 0 Å². The molecule has 1 aromatic heterocycles. The van der Waals surface area contributed by atoms with Crippen molar-refractivity contribution in [2.24, 2.45) is 0 Å². The quantitative estimate of drug-likeness (QED) is 0.648. The number of hydrogen-bond donors (Lipinski definition) is 1. The molecule has 1 N–H and O–H groups in total. The molecule has 0 radical (unpaired) electrons. The normalized spacial score (nSPS) is 12.9. The molecule has 0 aliphatic rings. The predicted octanol–water partition coefficient (Wildman–Crippen LogP) is 5.12. The van der Waals surface area contributed by atoms with E-state index >= 15 is 0 Å². The summed E-state index contributed by atoms with van der Waals surface area (Å²) in [4.78, 5) is 0.777. The van der Waals surface area contributed by atoms with E-state index in [1.165, 1.54) is 23.5 Å². The van der Waals surface area contributed by atoms with Gasteiger partial charge in [0.1, 0.15) is 4.90 Å². The van der Waals surface area contributed by atoms with Crippen molar-refractivity contribution in [2.45, 2.75) is 10.9 Å². The van der Waals surface area contributed by atoms with Gasteiger partial charge in [-0.05, 0) is 29.1 Å². The minimum absolute atomic E-state index is 0.0907. The summed E-state index contributed by atoms with van der Waals surface area (Å²) < 4.78 is 28.5. The molecule has 2 aromatic carbocycles. The van der Waals surface area contributed by atoms with Gasteiger partial charge < -0.3 is 0 Å². The molecule has 0 amide bonds. The minimum Gasteiger partial charge on any atom is -0.207 e. The van der Waals surface area contributed by atoms with E-state index in [1.807, 2.05) is 47.8 Å². The predicted molar refractivity (Wildman–Crippen MR) is 99.4 cm³/mol. The van der Waals surface area contributed by atoms with Crippen LogP contribution in [0.1, 0.15) is 16.5 Å². The Labute approximate surface area is 154 Å². The zero-order valence-corrected chi connectivity index (χ0v) is 15.5. The Bertz CT molecular complexity index is 906. The molecule has 0 aliphatic carbocycles. The molecule has 0 saturated heterocycles. The molecule has 3 rings (SSSR count). The summed E-state index contributed by atoms with van der Waals surface area (Å²) in [6, 6.07) is 17.2. The van der Waals surface area contributed by atoms with Crippen molar-refractivity contribution in [1.82, 2.24) is 4.72 Å². The molecule has 0 aliphatic heterocycles. The Kier molecular flexibility index (Phi) is 5.27. The average Bonchev–Trinajstić information content (AvgIpc) is 3.07. The first kappa shape index (κ1) is 17.5. The van der Waals surface area contributed by atoms with Gasteiger partial charge in [-0.1, -0.05) is 65.7 Å². The first-order valence-electron chi connectivity index (χ1n) is 7.04. The molecule has 7 heteroatoms. The molecule has 124 valence electrons. The van der Waals surface area contributed by atoms with Crippen LogP contribution in [0, 0.1) is 0 Å². The van der Waals surface area contributed by atoms with Gasteiger partial charge in [-0.15, -0.1) is 11.3 Å². The average molecular weight is 398 g/mol. The van der Waals surface area contributed by atoms with Gasteiger partial charge in [0.2, 0.25) is 10.0 Å². The van der Waals surface area contributed by atoms with Crippen molar-refractivity contribution >= 4 is 44.6 Å². The summed E-state index contributed by atoms with van der Waals surface area (Å²) in [5.74, 6) is 0. The molecule has 1 atom stereocenters. The van der Waals surface area contributed by atoms with Crippen LogP contribution in [0.3, 0.4) is 0 Å². The number of sulfonamides is 1. The zero-order valence-electron chi connectivity index (χ0n) is 12.3. The Morgan fingerprint density at radius 2 is 1.54 bits per heavy atom. The van der Waals surface area contributed by atoms with Crippen LogP contribution in [-0.2, 0) is 10.0 Å². The van der Waals surface area contributed by atoms with Gasteiger partial charge in [0.25, 0.3) is 0 Å². The van der Waals surface area contributed by atoms with E-state index < -0.39 is 16.1 Å². The lowest BCUT2D eigenvalue weighted by Gasteiger charge is -2.19. The molecular weight excluding hydrogens is 385 g/mol. The maximum absolute atomic E-state index is 12.9. The van der Waals surface area contributed by atoms with Crippen LogP contribution in [0.25, 0.3) is 0 Å². The first-order chi connectivity index (χ1) is 11.5. The second kappa shape index (κ2) is 7.25. The van der Waals surface area contributed by atoms with E-state index in [9.17, 15) is 8.42 Å². The fourth-order valence-electron chi connectivity index (χ4n) is 2.34. The van der Waals surface area contributed by atoms with Gasteiger partial charge in [-0.3, -0.25) is 0 Å². The third kappa shape index (κ3) is 3.66. The molecule has 0 spiro atoms. The van der Waals surface area contributed by atoms with Crippen LogP contribution in [0.4, 0.5) is 0 Å². The molecule has 0 unspecified atom stereocenters. The summed E-state index contributed by atoms with van der Waals surface area (Å²) in [5.41, 5.74) is 0.840.